The van der Waals surface area contributed by atoms with Crippen LogP contribution in [0.25, 0.3) is 0 Å². The summed E-state index contributed by atoms with van der Waals surface area (Å²) in [6.45, 7) is 10.6. The van der Waals surface area contributed by atoms with Gasteiger partial charge in [0.25, 0.3) is 5.91 Å². The van der Waals surface area contributed by atoms with Crippen LogP contribution in [0.4, 0.5) is 0 Å². The highest BCUT2D eigenvalue weighted by Gasteiger charge is 2.39. The topological polar surface area (TPSA) is 61.9 Å². The van der Waals surface area contributed by atoms with Crippen LogP contribution in [0.15, 0.2) is 36.0 Å². The van der Waals surface area contributed by atoms with Crippen molar-refractivity contribution in [2.24, 2.45) is 0 Å². The number of hydrogen-bond acceptors (Lipinski definition) is 5. The average molecular weight is 359 g/mol. The Labute approximate surface area is 155 Å². The van der Waals surface area contributed by atoms with E-state index in [9.17, 15) is 9.59 Å². The number of nitrogens with zero attached hydrogens (tertiary/aromatic N) is 2. The third-order valence-electron chi connectivity index (χ3n) is 4.36. The molecule has 2 aliphatic heterocycles. The Balaban J connectivity index is 0.00000117. The van der Waals surface area contributed by atoms with Gasteiger partial charge in [0.15, 0.2) is 0 Å². The van der Waals surface area contributed by atoms with E-state index in [1.807, 2.05) is 38.8 Å². The number of amides is 1. The largest absolute Gasteiger partial charge is 0.465 e. The molecule has 1 amide bonds. The first kappa shape index (κ1) is 20.0. The van der Waals surface area contributed by atoms with Gasteiger partial charge in [-0.05, 0) is 32.4 Å². The first-order valence-electron chi connectivity index (χ1n) is 9.28. The van der Waals surface area contributed by atoms with Crippen LogP contribution in [-0.4, -0.2) is 47.5 Å². The van der Waals surface area contributed by atoms with E-state index in [1.165, 1.54) is 5.56 Å². The number of benzene rings is 1. The lowest BCUT2D eigenvalue weighted by Gasteiger charge is -2.39. The molecule has 2 unspecified atom stereocenters. The van der Waals surface area contributed by atoms with Gasteiger partial charge in [0, 0.05) is 6.54 Å². The zero-order valence-electron chi connectivity index (χ0n) is 16.3. The van der Waals surface area contributed by atoms with Gasteiger partial charge < -0.3 is 9.64 Å². The predicted molar refractivity (Wildman–Crippen MR) is 101 cm³/mol. The van der Waals surface area contributed by atoms with Crippen LogP contribution in [-0.2, 0) is 14.3 Å². The van der Waals surface area contributed by atoms with Gasteiger partial charge in [-0.1, -0.05) is 43.7 Å². The molecule has 0 saturated carbocycles. The summed E-state index contributed by atoms with van der Waals surface area (Å²) in [7, 11) is 0. The predicted octanol–water partition coefficient (Wildman–Crippen LogP) is 2.56. The van der Waals surface area contributed by atoms with Crippen molar-refractivity contribution >= 4 is 11.9 Å². The summed E-state index contributed by atoms with van der Waals surface area (Å²) >= 11 is 0. The van der Waals surface area contributed by atoms with Gasteiger partial charge in [0.05, 0.1) is 18.7 Å². The van der Waals surface area contributed by atoms with E-state index in [1.54, 1.807) is 11.8 Å². The summed E-state index contributed by atoms with van der Waals surface area (Å²) in [6.07, 6.45) is 1.93. The standard InChI is InChI=1S/C18H23N3O3.C2H6/c1-4-24-17(22)11-20-10-13(3)21-16(18(20)23)9-15(19-21)14-7-5-12(2)6-8-14;1-2/h5-9,13,15,19H,4,10-11H2,1-3H3;1-2H3. The Hall–Kier alpha value is -2.34. The number of carbonyl (C=O) groups excluding carboxylic acids is 2. The molecule has 1 N–H and O–H groups in total. The molecule has 142 valence electrons. The Bertz CT molecular complexity index is 669. The number of rotatable bonds is 4. The van der Waals surface area contributed by atoms with Crippen LogP contribution in [0.1, 0.15) is 44.9 Å². The van der Waals surface area contributed by atoms with Crippen LogP contribution in [0.2, 0.25) is 0 Å². The van der Waals surface area contributed by atoms with E-state index in [4.69, 9.17) is 4.74 Å². The van der Waals surface area contributed by atoms with E-state index in [2.05, 4.69) is 29.7 Å². The van der Waals surface area contributed by atoms with Crippen LogP contribution in [0.5, 0.6) is 0 Å². The van der Waals surface area contributed by atoms with E-state index in [0.717, 1.165) is 5.56 Å². The number of ether oxygens (including phenoxy) is 1. The molecule has 0 aromatic heterocycles. The molecule has 2 atom stereocenters. The first-order chi connectivity index (χ1) is 12.5. The minimum absolute atomic E-state index is 0.00259. The zero-order chi connectivity index (χ0) is 19.3. The minimum atomic E-state index is -0.367. The highest BCUT2D eigenvalue weighted by Crippen LogP contribution is 2.30. The Morgan fingerprint density at radius 2 is 1.92 bits per heavy atom. The first-order valence-corrected chi connectivity index (χ1v) is 9.28. The molecule has 6 heteroatoms. The number of carbonyl (C=O) groups is 2. The molecule has 6 nitrogen and oxygen atoms in total. The second-order valence-corrected chi connectivity index (χ2v) is 6.28. The van der Waals surface area contributed by atoms with Crippen molar-refractivity contribution in [3.05, 3.63) is 47.2 Å². The maximum Gasteiger partial charge on any atom is 0.325 e. The summed E-state index contributed by atoms with van der Waals surface area (Å²) in [5.41, 5.74) is 6.30. The fraction of sp³-hybridized carbons (Fsp3) is 0.500. The van der Waals surface area contributed by atoms with E-state index in [0.29, 0.717) is 18.8 Å². The summed E-state index contributed by atoms with van der Waals surface area (Å²) in [4.78, 5) is 26.0. The number of esters is 1. The normalized spacial score (nSPS) is 21.6. The van der Waals surface area contributed by atoms with Crippen LogP contribution in [0, 0.1) is 6.92 Å². The van der Waals surface area contributed by atoms with Gasteiger partial charge in [-0.2, -0.15) is 0 Å². The van der Waals surface area contributed by atoms with Gasteiger partial charge in [-0.25, -0.2) is 5.43 Å². The number of piperazine rings is 1. The van der Waals surface area contributed by atoms with Gasteiger partial charge >= 0.3 is 5.97 Å². The molecule has 0 bridgehead atoms. The summed E-state index contributed by atoms with van der Waals surface area (Å²) < 4.78 is 4.96. The fourth-order valence-corrected chi connectivity index (χ4v) is 3.12. The zero-order valence-corrected chi connectivity index (χ0v) is 16.3. The van der Waals surface area contributed by atoms with Gasteiger partial charge in [0.1, 0.15) is 12.2 Å². The molecule has 2 aliphatic rings. The van der Waals surface area contributed by atoms with Gasteiger partial charge in [0.2, 0.25) is 0 Å². The van der Waals surface area contributed by atoms with Crippen molar-refractivity contribution in [3.63, 3.8) is 0 Å². The monoisotopic (exact) mass is 359 g/mol. The molecule has 3 rings (SSSR count). The Morgan fingerprint density at radius 3 is 2.54 bits per heavy atom. The minimum Gasteiger partial charge on any atom is -0.465 e. The van der Waals surface area contributed by atoms with Gasteiger partial charge in [-0.15, -0.1) is 0 Å². The van der Waals surface area contributed by atoms with Crippen LogP contribution < -0.4 is 5.43 Å². The SMILES string of the molecule is CC.CCOC(=O)CN1CC(C)N2NC(c3ccc(C)cc3)C=C2C1=O. The molecular weight excluding hydrogens is 330 g/mol. The van der Waals surface area contributed by atoms with Crippen molar-refractivity contribution in [1.82, 2.24) is 15.3 Å². The van der Waals surface area contributed by atoms with Gasteiger partial charge in [-0.3, -0.25) is 14.6 Å². The Kier molecular flexibility index (Phi) is 6.80. The van der Waals surface area contributed by atoms with E-state index >= 15 is 0 Å². The highest BCUT2D eigenvalue weighted by atomic mass is 16.5. The van der Waals surface area contributed by atoms with Crippen molar-refractivity contribution in [2.45, 2.75) is 46.7 Å². The number of hydrazine groups is 1. The molecular formula is C20H29N3O3. The summed E-state index contributed by atoms with van der Waals surface area (Å²) in [5, 5.41) is 1.91. The van der Waals surface area contributed by atoms with Crippen molar-refractivity contribution in [2.75, 3.05) is 19.7 Å². The molecule has 2 heterocycles. The fourth-order valence-electron chi connectivity index (χ4n) is 3.12. The second-order valence-electron chi connectivity index (χ2n) is 6.28. The maximum absolute atomic E-state index is 12.7. The lowest BCUT2D eigenvalue weighted by molar-refractivity contribution is -0.150. The molecule has 1 aromatic rings. The number of fused-ring (bicyclic) bond motifs is 1. The molecule has 0 aliphatic carbocycles. The third kappa shape index (κ3) is 4.25. The summed E-state index contributed by atoms with van der Waals surface area (Å²) in [6, 6.07) is 8.30. The lowest BCUT2D eigenvalue weighted by atomic mass is 10.1. The molecule has 1 saturated heterocycles. The quantitative estimate of drug-likeness (QED) is 0.837. The van der Waals surface area contributed by atoms with Crippen molar-refractivity contribution < 1.29 is 14.3 Å². The number of aryl methyl sites for hydroxylation is 1. The molecule has 0 spiro atoms. The lowest BCUT2D eigenvalue weighted by Crippen LogP contribution is -2.56. The second kappa shape index (κ2) is 8.85. The number of hydrogen-bond donors (Lipinski definition) is 1. The molecule has 1 fully saturated rings. The number of nitrogens with one attached hydrogen (secondary N) is 1. The molecule has 0 radical (unpaired) electrons. The van der Waals surface area contributed by atoms with E-state index < -0.39 is 0 Å². The van der Waals surface area contributed by atoms with Crippen molar-refractivity contribution in [1.29, 1.82) is 0 Å². The maximum atomic E-state index is 12.7. The van der Waals surface area contributed by atoms with E-state index in [-0.39, 0.29) is 30.5 Å². The molecule has 26 heavy (non-hydrogen) atoms. The molecule has 1 aromatic carbocycles. The summed E-state index contributed by atoms with van der Waals surface area (Å²) in [5.74, 6) is -0.503. The van der Waals surface area contributed by atoms with Crippen LogP contribution >= 0.6 is 0 Å². The average Bonchev–Trinajstić information content (AvgIpc) is 3.08. The van der Waals surface area contributed by atoms with Crippen molar-refractivity contribution in [3.8, 4) is 0 Å². The smallest absolute Gasteiger partial charge is 0.325 e. The third-order valence-corrected chi connectivity index (χ3v) is 4.36. The Morgan fingerprint density at radius 1 is 1.27 bits per heavy atom. The highest BCUT2D eigenvalue weighted by molar-refractivity contribution is 5.96. The van der Waals surface area contributed by atoms with Crippen LogP contribution in [0.3, 0.4) is 0 Å².